The number of benzene rings is 2. The SMILES string of the molecule is CCN(CC)C/C=C/c1cc(F)ccc1S(=O)(=O)Nc1ccc2c(c1C(=O)O)CCCC2. The van der Waals surface area contributed by atoms with E-state index in [1.807, 2.05) is 13.8 Å². The predicted molar refractivity (Wildman–Crippen MR) is 124 cm³/mol. The number of carboxylic acid groups (broad SMARTS) is 1. The summed E-state index contributed by atoms with van der Waals surface area (Å²) in [6, 6.07) is 6.74. The van der Waals surface area contributed by atoms with Crippen molar-refractivity contribution in [3.8, 4) is 0 Å². The van der Waals surface area contributed by atoms with Crippen LogP contribution in [0.3, 0.4) is 0 Å². The lowest BCUT2D eigenvalue weighted by Crippen LogP contribution is -2.22. The monoisotopic (exact) mass is 460 g/mol. The van der Waals surface area contributed by atoms with Gasteiger partial charge in [-0.2, -0.15) is 0 Å². The number of anilines is 1. The van der Waals surface area contributed by atoms with Crippen LogP contribution in [0.2, 0.25) is 0 Å². The van der Waals surface area contributed by atoms with E-state index in [1.54, 1.807) is 18.2 Å². The van der Waals surface area contributed by atoms with Crippen LogP contribution in [0.1, 0.15) is 53.7 Å². The Labute approximate surface area is 188 Å². The second kappa shape index (κ2) is 10.3. The Morgan fingerprint density at radius 1 is 1.16 bits per heavy atom. The fourth-order valence-corrected chi connectivity index (χ4v) is 5.32. The lowest BCUT2D eigenvalue weighted by Gasteiger charge is -2.21. The second-order valence-electron chi connectivity index (χ2n) is 7.81. The van der Waals surface area contributed by atoms with Gasteiger partial charge in [0.05, 0.1) is 16.1 Å². The highest BCUT2D eigenvalue weighted by molar-refractivity contribution is 7.92. The van der Waals surface area contributed by atoms with Gasteiger partial charge in [-0.25, -0.2) is 17.6 Å². The molecule has 0 fully saturated rings. The van der Waals surface area contributed by atoms with E-state index in [0.717, 1.165) is 50.0 Å². The fraction of sp³-hybridized carbons (Fsp3) is 0.375. The lowest BCUT2D eigenvalue weighted by atomic mass is 9.87. The minimum absolute atomic E-state index is 0.00786. The lowest BCUT2D eigenvalue weighted by molar-refractivity contribution is 0.0696. The van der Waals surface area contributed by atoms with Crippen molar-refractivity contribution in [1.82, 2.24) is 4.90 Å². The number of fused-ring (bicyclic) bond motifs is 1. The molecule has 1 aliphatic rings. The Morgan fingerprint density at radius 3 is 2.56 bits per heavy atom. The van der Waals surface area contributed by atoms with Gasteiger partial charge in [0, 0.05) is 6.54 Å². The van der Waals surface area contributed by atoms with Gasteiger partial charge < -0.3 is 10.0 Å². The first-order valence-corrected chi connectivity index (χ1v) is 12.3. The maximum atomic E-state index is 13.9. The Kier molecular flexibility index (Phi) is 7.69. The normalized spacial score (nSPS) is 14.0. The molecule has 2 N–H and O–H groups in total. The summed E-state index contributed by atoms with van der Waals surface area (Å²) >= 11 is 0. The highest BCUT2D eigenvalue weighted by Crippen LogP contribution is 2.32. The molecule has 0 aliphatic heterocycles. The van der Waals surface area contributed by atoms with E-state index >= 15 is 0 Å². The van der Waals surface area contributed by atoms with Crippen LogP contribution in [0.4, 0.5) is 10.1 Å². The van der Waals surface area contributed by atoms with Crippen LogP contribution >= 0.6 is 0 Å². The Morgan fingerprint density at radius 2 is 1.88 bits per heavy atom. The molecule has 0 amide bonds. The molecule has 2 aromatic rings. The molecular weight excluding hydrogens is 431 g/mol. The summed E-state index contributed by atoms with van der Waals surface area (Å²) in [6.45, 7) is 6.33. The summed E-state index contributed by atoms with van der Waals surface area (Å²) in [7, 11) is -4.15. The molecule has 2 aromatic carbocycles. The smallest absolute Gasteiger partial charge is 0.338 e. The van der Waals surface area contributed by atoms with Gasteiger partial charge in [0.1, 0.15) is 5.82 Å². The van der Waals surface area contributed by atoms with Crippen molar-refractivity contribution in [2.24, 2.45) is 0 Å². The van der Waals surface area contributed by atoms with Crippen molar-refractivity contribution in [3.05, 3.63) is 64.5 Å². The van der Waals surface area contributed by atoms with Crippen LogP contribution in [0.25, 0.3) is 6.08 Å². The van der Waals surface area contributed by atoms with Crippen LogP contribution in [0, 0.1) is 5.82 Å². The highest BCUT2D eigenvalue weighted by atomic mass is 32.2. The van der Waals surface area contributed by atoms with Crippen molar-refractivity contribution in [2.75, 3.05) is 24.4 Å². The number of carbonyl (C=O) groups is 1. The van der Waals surface area contributed by atoms with Gasteiger partial charge in [0.15, 0.2) is 0 Å². The third-order valence-corrected chi connectivity index (χ3v) is 7.25. The summed E-state index contributed by atoms with van der Waals surface area (Å²) in [6.07, 6.45) is 6.60. The maximum Gasteiger partial charge on any atom is 0.338 e. The molecule has 6 nitrogen and oxygen atoms in total. The number of rotatable bonds is 9. The summed E-state index contributed by atoms with van der Waals surface area (Å²) < 4.78 is 42.8. The van der Waals surface area contributed by atoms with Crippen LogP contribution in [-0.4, -0.2) is 44.0 Å². The quantitative estimate of drug-likeness (QED) is 0.573. The molecule has 0 atom stereocenters. The molecule has 0 aromatic heterocycles. The second-order valence-corrected chi connectivity index (χ2v) is 9.46. The topological polar surface area (TPSA) is 86.7 Å². The van der Waals surface area contributed by atoms with Gasteiger partial charge >= 0.3 is 5.97 Å². The molecule has 0 unspecified atom stereocenters. The third kappa shape index (κ3) is 5.37. The molecular formula is C24H29FN2O4S. The van der Waals surface area contributed by atoms with Crippen molar-refractivity contribution in [3.63, 3.8) is 0 Å². The molecule has 0 saturated carbocycles. The number of carboxylic acids is 1. The number of nitrogens with zero attached hydrogens (tertiary/aromatic N) is 1. The molecule has 32 heavy (non-hydrogen) atoms. The first-order chi connectivity index (χ1) is 15.3. The Hall–Kier alpha value is -2.71. The first kappa shape index (κ1) is 23.9. The van der Waals surface area contributed by atoms with Gasteiger partial charge in [0.25, 0.3) is 10.0 Å². The predicted octanol–water partition coefficient (Wildman–Crippen LogP) is 4.56. The van der Waals surface area contributed by atoms with E-state index in [9.17, 15) is 22.7 Å². The molecule has 3 rings (SSSR count). The number of likely N-dealkylation sites (N-methyl/N-ethyl adjacent to an activating group) is 1. The van der Waals surface area contributed by atoms with Gasteiger partial charge in [-0.3, -0.25) is 4.72 Å². The van der Waals surface area contributed by atoms with Crippen molar-refractivity contribution in [1.29, 1.82) is 0 Å². The number of sulfonamides is 1. The molecule has 0 radical (unpaired) electrons. The zero-order chi connectivity index (χ0) is 23.3. The molecule has 0 spiro atoms. The number of halogens is 1. The van der Waals surface area contributed by atoms with E-state index in [-0.39, 0.29) is 21.7 Å². The zero-order valence-electron chi connectivity index (χ0n) is 18.4. The van der Waals surface area contributed by atoms with Crippen LogP contribution < -0.4 is 4.72 Å². The Balaban J connectivity index is 1.98. The molecule has 172 valence electrons. The van der Waals surface area contributed by atoms with Crippen molar-refractivity contribution >= 4 is 27.8 Å². The van der Waals surface area contributed by atoms with Crippen LogP contribution in [0.5, 0.6) is 0 Å². The Bertz CT molecular complexity index is 1130. The van der Waals surface area contributed by atoms with E-state index in [1.165, 1.54) is 12.1 Å². The van der Waals surface area contributed by atoms with Crippen LogP contribution in [-0.2, 0) is 22.9 Å². The number of hydrogen-bond donors (Lipinski definition) is 2. The zero-order valence-corrected chi connectivity index (χ0v) is 19.2. The van der Waals surface area contributed by atoms with Crippen molar-refractivity contribution in [2.45, 2.75) is 44.4 Å². The van der Waals surface area contributed by atoms with Gasteiger partial charge in [-0.15, -0.1) is 0 Å². The van der Waals surface area contributed by atoms with Gasteiger partial charge in [0.2, 0.25) is 0 Å². The average molecular weight is 461 g/mol. The number of aryl methyl sites for hydroxylation is 1. The first-order valence-electron chi connectivity index (χ1n) is 10.9. The molecule has 0 bridgehead atoms. The standard InChI is InChI=1S/C24H29FN2O4S/c1-3-27(4-2)15-7-9-18-16-19(25)12-14-22(18)32(30,31)26-21-13-11-17-8-5-6-10-20(17)23(21)24(28)29/h7,9,11-14,16,26H,3-6,8,10,15H2,1-2H3,(H,28,29)/b9-7+. The number of aromatic carboxylic acids is 1. The van der Waals surface area contributed by atoms with Gasteiger partial charge in [-0.1, -0.05) is 32.1 Å². The van der Waals surface area contributed by atoms with E-state index in [2.05, 4.69) is 9.62 Å². The van der Waals surface area contributed by atoms with Gasteiger partial charge in [-0.05, 0) is 79.7 Å². The molecule has 8 heteroatoms. The van der Waals surface area contributed by atoms with E-state index in [0.29, 0.717) is 18.5 Å². The molecule has 1 aliphatic carbocycles. The minimum Gasteiger partial charge on any atom is -0.478 e. The largest absolute Gasteiger partial charge is 0.478 e. The fourth-order valence-electron chi connectivity index (χ4n) is 4.06. The average Bonchev–Trinajstić information content (AvgIpc) is 2.76. The maximum absolute atomic E-state index is 13.9. The third-order valence-electron chi connectivity index (χ3n) is 5.81. The van der Waals surface area contributed by atoms with Crippen LogP contribution in [0.15, 0.2) is 41.3 Å². The van der Waals surface area contributed by atoms with E-state index in [4.69, 9.17) is 0 Å². The highest BCUT2D eigenvalue weighted by Gasteiger charge is 2.25. The molecule has 0 heterocycles. The molecule has 0 saturated heterocycles. The summed E-state index contributed by atoms with van der Waals surface area (Å²) in [4.78, 5) is 14.0. The number of nitrogens with one attached hydrogen (secondary N) is 1. The van der Waals surface area contributed by atoms with E-state index < -0.39 is 21.8 Å². The number of hydrogen-bond acceptors (Lipinski definition) is 4. The van der Waals surface area contributed by atoms with Crippen molar-refractivity contribution < 1.29 is 22.7 Å². The minimum atomic E-state index is -4.15. The summed E-state index contributed by atoms with van der Waals surface area (Å²) in [5.74, 6) is -1.72. The summed E-state index contributed by atoms with van der Waals surface area (Å²) in [5, 5.41) is 9.79. The summed E-state index contributed by atoms with van der Waals surface area (Å²) in [5.41, 5.74) is 1.85.